The second-order valence-corrected chi connectivity index (χ2v) is 7.34. The fourth-order valence-corrected chi connectivity index (χ4v) is 3.51. The molecule has 1 aromatic heterocycles. The van der Waals surface area contributed by atoms with E-state index in [2.05, 4.69) is 38.1 Å². The van der Waals surface area contributed by atoms with Crippen LogP contribution in [0.5, 0.6) is 0 Å². The summed E-state index contributed by atoms with van der Waals surface area (Å²) in [7, 11) is 2.15. The molecule has 0 unspecified atom stereocenters. The van der Waals surface area contributed by atoms with E-state index in [1.807, 2.05) is 13.0 Å². The lowest BCUT2D eigenvalue weighted by Gasteiger charge is -2.32. The first-order chi connectivity index (χ1) is 9.06. The fourth-order valence-electron chi connectivity index (χ4n) is 2.06. The SMILES string of the molecule is Cc1cc(C(=O)NCCN2CCN(C)CC2)sc1Br. The molecular weight excluding hydrogens is 326 g/mol. The number of carbonyl (C=O) groups is 1. The number of hydrogen-bond acceptors (Lipinski definition) is 4. The highest BCUT2D eigenvalue weighted by Crippen LogP contribution is 2.27. The lowest BCUT2D eigenvalue weighted by molar-refractivity contribution is 0.0945. The molecule has 4 nitrogen and oxygen atoms in total. The topological polar surface area (TPSA) is 35.6 Å². The Hall–Kier alpha value is -0.430. The van der Waals surface area contributed by atoms with Crippen LogP contribution < -0.4 is 5.32 Å². The number of likely N-dealkylation sites (N-methyl/N-ethyl adjacent to an activating group) is 1. The summed E-state index contributed by atoms with van der Waals surface area (Å²) in [5.41, 5.74) is 1.12. The molecule has 0 saturated carbocycles. The summed E-state index contributed by atoms with van der Waals surface area (Å²) in [6.45, 7) is 8.08. The molecule has 0 bridgehead atoms. The van der Waals surface area contributed by atoms with Gasteiger partial charge < -0.3 is 10.2 Å². The first kappa shape index (κ1) is 15.0. The smallest absolute Gasteiger partial charge is 0.261 e. The number of nitrogens with zero attached hydrogens (tertiary/aromatic N) is 2. The van der Waals surface area contributed by atoms with Crippen LogP contribution in [0.15, 0.2) is 9.85 Å². The Morgan fingerprint density at radius 1 is 1.42 bits per heavy atom. The monoisotopic (exact) mass is 345 g/mol. The maximum atomic E-state index is 12.0. The summed E-state index contributed by atoms with van der Waals surface area (Å²) >= 11 is 4.94. The third-order valence-corrected chi connectivity index (χ3v) is 5.53. The Bertz CT molecular complexity index is 422. The molecule has 1 saturated heterocycles. The molecule has 0 aliphatic carbocycles. The average Bonchev–Trinajstić information content (AvgIpc) is 2.72. The van der Waals surface area contributed by atoms with E-state index in [4.69, 9.17) is 0 Å². The summed E-state index contributed by atoms with van der Waals surface area (Å²) in [4.78, 5) is 17.5. The van der Waals surface area contributed by atoms with Crippen molar-refractivity contribution in [3.05, 3.63) is 20.3 Å². The zero-order valence-corrected chi connectivity index (χ0v) is 13.8. The summed E-state index contributed by atoms with van der Waals surface area (Å²) in [5, 5.41) is 2.99. The van der Waals surface area contributed by atoms with Gasteiger partial charge in [0.2, 0.25) is 0 Å². The standard InChI is InChI=1S/C13H20BrN3OS/c1-10-9-11(19-12(10)14)13(18)15-3-4-17-7-5-16(2)6-8-17/h9H,3-8H2,1-2H3,(H,15,18). The second kappa shape index (κ2) is 6.83. The lowest BCUT2D eigenvalue weighted by Crippen LogP contribution is -2.46. The first-order valence-electron chi connectivity index (χ1n) is 6.51. The van der Waals surface area contributed by atoms with E-state index < -0.39 is 0 Å². The van der Waals surface area contributed by atoms with Gasteiger partial charge in [-0.3, -0.25) is 9.69 Å². The van der Waals surface area contributed by atoms with Crippen LogP contribution in [0.1, 0.15) is 15.2 Å². The highest BCUT2D eigenvalue weighted by Gasteiger charge is 2.14. The number of piperazine rings is 1. The molecule has 6 heteroatoms. The molecule has 106 valence electrons. The van der Waals surface area contributed by atoms with Crippen LogP contribution in [-0.2, 0) is 0 Å². The van der Waals surface area contributed by atoms with E-state index >= 15 is 0 Å². The predicted molar refractivity (Wildman–Crippen MR) is 83.0 cm³/mol. The summed E-state index contributed by atoms with van der Waals surface area (Å²) < 4.78 is 1.04. The van der Waals surface area contributed by atoms with Gasteiger partial charge in [0.25, 0.3) is 5.91 Å². The minimum Gasteiger partial charge on any atom is -0.350 e. The van der Waals surface area contributed by atoms with Crippen molar-refractivity contribution in [3.63, 3.8) is 0 Å². The zero-order chi connectivity index (χ0) is 13.8. The van der Waals surface area contributed by atoms with Crippen LogP contribution in [0.2, 0.25) is 0 Å². The molecule has 2 heterocycles. The number of rotatable bonds is 4. The summed E-state index contributed by atoms with van der Waals surface area (Å²) in [6, 6.07) is 1.93. The Kier molecular flexibility index (Phi) is 5.38. The number of hydrogen-bond donors (Lipinski definition) is 1. The van der Waals surface area contributed by atoms with Crippen molar-refractivity contribution < 1.29 is 4.79 Å². The van der Waals surface area contributed by atoms with Gasteiger partial charge in [-0.1, -0.05) is 0 Å². The van der Waals surface area contributed by atoms with Gasteiger partial charge in [0.1, 0.15) is 0 Å². The van der Waals surface area contributed by atoms with Gasteiger partial charge in [-0.25, -0.2) is 0 Å². The number of amides is 1. The highest BCUT2D eigenvalue weighted by molar-refractivity contribution is 9.11. The van der Waals surface area contributed by atoms with E-state index in [1.165, 1.54) is 11.3 Å². The lowest BCUT2D eigenvalue weighted by atomic mass is 10.3. The van der Waals surface area contributed by atoms with Gasteiger partial charge in [0, 0.05) is 39.3 Å². The van der Waals surface area contributed by atoms with Crippen molar-refractivity contribution in [2.24, 2.45) is 0 Å². The van der Waals surface area contributed by atoms with Crippen molar-refractivity contribution >= 4 is 33.2 Å². The van der Waals surface area contributed by atoms with E-state index in [-0.39, 0.29) is 5.91 Å². The van der Waals surface area contributed by atoms with Gasteiger partial charge in [0.15, 0.2) is 0 Å². The van der Waals surface area contributed by atoms with Crippen molar-refractivity contribution in [2.45, 2.75) is 6.92 Å². The van der Waals surface area contributed by atoms with E-state index in [9.17, 15) is 4.79 Å². The number of aryl methyl sites for hydroxylation is 1. The molecular formula is C13H20BrN3OS. The number of halogens is 1. The molecule has 1 amide bonds. The molecule has 1 aliphatic heterocycles. The zero-order valence-electron chi connectivity index (χ0n) is 11.4. The minimum absolute atomic E-state index is 0.0351. The van der Waals surface area contributed by atoms with Crippen molar-refractivity contribution in [3.8, 4) is 0 Å². The molecule has 0 atom stereocenters. The van der Waals surface area contributed by atoms with E-state index in [0.717, 1.165) is 53.5 Å². The molecule has 1 aromatic rings. The maximum Gasteiger partial charge on any atom is 0.261 e. The molecule has 1 N–H and O–H groups in total. The molecule has 1 aliphatic rings. The van der Waals surface area contributed by atoms with Gasteiger partial charge in [-0.2, -0.15) is 0 Å². The molecule has 2 rings (SSSR count). The van der Waals surface area contributed by atoms with E-state index in [0.29, 0.717) is 0 Å². The minimum atomic E-state index is 0.0351. The molecule has 19 heavy (non-hydrogen) atoms. The van der Waals surface area contributed by atoms with Crippen LogP contribution >= 0.6 is 27.3 Å². The predicted octanol–water partition coefficient (Wildman–Crippen LogP) is 1.80. The van der Waals surface area contributed by atoms with Crippen molar-refractivity contribution in [2.75, 3.05) is 46.3 Å². The molecule has 0 spiro atoms. The summed E-state index contributed by atoms with van der Waals surface area (Å²) in [6.07, 6.45) is 0. The Morgan fingerprint density at radius 2 is 2.11 bits per heavy atom. The first-order valence-corrected chi connectivity index (χ1v) is 8.12. The van der Waals surface area contributed by atoms with E-state index in [1.54, 1.807) is 0 Å². The molecule has 1 fully saturated rings. The van der Waals surface area contributed by atoms with Crippen molar-refractivity contribution in [1.29, 1.82) is 0 Å². The average molecular weight is 346 g/mol. The number of thiophene rings is 1. The van der Waals surface area contributed by atoms with Crippen LogP contribution in [0, 0.1) is 6.92 Å². The quantitative estimate of drug-likeness (QED) is 0.903. The largest absolute Gasteiger partial charge is 0.350 e. The van der Waals surface area contributed by atoms with Crippen LogP contribution in [0.4, 0.5) is 0 Å². The van der Waals surface area contributed by atoms with Gasteiger partial charge in [-0.05, 0) is 41.5 Å². The van der Waals surface area contributed by atoms with Crippen molar-refractivity contribution in [1.82, 2.24) is 15.1 Å². The second-order valence-electron chi connectivity index (χ2n) is 4.97. The highest BCUT2D eigenvalue weighted by atomic mass is 79.9. The van der Waals surface area contributed by atoms with Gasteiger partial charge in [-0.15, -0.1) is 11.3 Å². The van der Waals surface area contributed by atoms with Crippen LogP contribution in [-0.4, -0.2) is 62.0 Å². The van der Waals surface area contributed by atoms with Crippen LogP contribution in [0.3, 0.4) is 0 Å². The normalized spacial score (nSPS) is 17.6. The number of carbonyl (C=O) groups excluding carboxylic acids is 1. The maximum absolute atomic E-state index is 12.0. The molecule has 0 radical (unpaired) electrons. The Labute approximate surface area is 126 Å². The summed E-state index contributed by atoms with van der Waals surface area (Å²) in [5.74, 6) is 0.0351. The third-order valence-electron chi connectivity index (χ3n) is 3.39. The van der Waals surface area contributed by atoms with Crippen LogP contribution in [0.25, 0.3) is 0 Å². The number of nitrogens with one attached hydrogen (secondary N) is 1. The fraction of sp³-hybridized carbons (Fsp3) is 0.615. The Balaban J connectivity index is 1.72. The van der Waals surface area contributed by atoms with Gasteiger partial charge >= 0.3 is 0 Å². The molecule has 0 aromatic carbocycles. The van der Waals surface area contributed by atoms with Gasteiger partial charge in [0.05, 0.1) is 8.66 Å². The third kappa shape index (κ3) is 4.27. The Morgan fingerprint density at radius 3 is 2.68 bits per heavy atom.